The molecule has 24 heavy (non-hydrogen) atoms. The third-order valence-electron chi connectivity index (χ3n) is 4.02. The highest BCUT2D eigenvalue weighted by Gasteiger charge is 2.23. The van der Waals surface area contributed by atoms with Crippen LogP contribution in [0.2, 0.25) is 0 Å². The van der Waals surface area contributed by atoms with Crippen LogP contribution in [0.3, 0.4) is 0 Å². The van der Waals surface area contributed by atoms with Gasteiger partial charge in [0.2, 0.25) is 0 Å². The van der Waals surface area contributed by atoms with Crippen molar-refractivity contribution >= 4 is 15.9 Å². The molecule has 7 nitrogen and oxygen atoms in total. The molecule has 0 spiro atoms. The van der Waals surface area contributed by atoms with Gasteiger partial charge in [0.15, 0.2) is 9.84 Å². The van der Waals surface area contributed by atoms with E-state index in [9.17, 15) is 18.3 Å². The van der Waals surface area contributed by atoms with Gasteiger partial charge < -0.3 is 14.7 Å². The maximum absolute atomic E-state index is 11.6. The Morgan fingerprint density at radius 1 is 1.21 bits per heavy atom. The highest BCUT2D eigenvalue weighted by atomic mass is 32.2. The summed E-state index contributed by atoms with van der Waals surface area (Å²) in [6.07, 6.45) is 0.156. The smallest absolute Gasteiger partial charge is 0.409 e. The predicted octanol–water partition coefficient (Wildman–Crippen LogP) is 0.898. The number of nitrogens with zero attached hydrogens (tertiary/aromatic N) is 2. The summed E-state index contributed by atoms with van der Waals surface area (Å²) < 4.78 is 27.9. The van der Waals surface area contributed by atoms with E-state index in [2.05, 4.69) is 4.90 Å². The lowest BCUT2D eigenvalue weighted by Crippen LogP contribution is -2.49. The number of carbonyl (C=O) groups excluding carboxylic acids is 1. The second-order valence-electron chi connectivity index (χ2n) is 5.84. The Kier molecular flexibility index (Phi) is 6.20. The molecule has 0 unspecified atom stereocenters. The zero-order chi connectivity index (χ0) is 17.7. The van der Waals surface area contributed by atoms with Crippen LogP contribution in [0.25, 0.3) is 0 Å². The fourth-order valence-corrected chi connectivity index (χ4v) is 3.25. The van der Waals surface area contributed by atoms with Gasteiger partial charge in [0.25, 0.3) is 0 Å². The van der Waals surface area contributed by atoms with Crippen LogP contribution in [-0.4, -0.2) is 75.0 Å². The highest BCUT2D eigenvalue weighted by molar-refractivity contribution is 7.90. The van der Waals surface area contributed by atoms with Gasteiger partial charge in [-0.05, 0) is 24.6 Å². The highest BCUT2D eigenvalue weighted by Crippen LogP contribution is 2.18. The Morgan fingerprint density at radius 2 is 1.79 bits per heavy atom. The Bertz CT molecular complexity index is 652. The molecule has 8 heteroatoms. The van der Waals surface area contributed by atoms with Crippen LogP contribution in [0.5, 0.6) is 0 Å². The largest absolute Gasteiger partial charge is 0.450 e. The molecule has 0 radical (unpaired) electrons. The van der Waals surface area contributed by atoms with E-state index in [0.717, 1.165) is 6.26 Å². The second-order valence-corrected chi connectivity index (χ2v) is 7.86. The molecule has 1 aliphatic heterocycles. The van der Waals surface area contributed by atoms with Crippen molar-refractivity contribution in [3.8, 4) is 0 Å². The SMILES string of the molecule is CCOC(=O)N1CCN(C[C@H](O)c2ccc(S(C)(=O)=O)cc2)CC1. The van der Waals surface area contributed by atoms with Crippen molar-refractivity contribution in [1.82, 2.24) is 9.80 Å². The number of aliphatic hydroxyl groups excluding tert-OH is 1. The number of hydrogen-bond donors (Lipinski definition) is 1. The van der Waals surface area contributed by atoms with Crippen LogP contribution in [0.4, 0.5) is 4.79 Å². The van der Waals surface area contributed by atoms with E-state index in [1.807, 2.05) is 0 Å². The van der Waals surface area contributed by atoms with Gasteiger partial charge in [0, 0.05) is 39.0 Å². The Labute approximate surface area is 142 Å². The van der Waals surface area contributed by atoms with Gasteiger partial charge in [0.05, 0.1) is 17.6 Å². The minimum absolute atomic E-state index is 0.238. The van der Waals surface area contributed by atoms with Gasteiger partial charge >= 0.3 is 6.09 Å². The predicted molar refractivity (Wildman–Crippen MR) is 89.5 cm³/mol. The molecule has 1 N–H and O–H groups in total. The van der Waals surface area contributed by atoms with E-state index < -0.39 is 15.9 Å². The number of piperazine rings is 1. The van der Waals surface area contributed by atoms with E-state index in [1.54, 1.807) is 24.0 Å². The fourth-order valence-electron chi connectivity index (χ4n) is 2.61. The maximum Gasteiger partial charge on any atom is 0.409 e. The third-order valence-corrected chi connectivity index (χ3v) is 5.15. The lowest BCUT2D eigenvalue weighted by atomic mass is 10.1. The number of amides is 1. The number of ether oxygens (including phenoxy) is 1. The van der Waals surface area contributed by atoms with E-state index in [1.165, 1.54) is 12.1 Å². The zero-order valence-electron chi connectivity index (χ0n) is 14.0. The monoisotopic (exact) mass is 356 g/mol. The van der Waals surface area contributed by atoms with Crippen LogP contribution >= 0.6 is 0 Å². The molecule has 1 aromatic rings. The van der Waals surface area contributed by atoms with Crippen LogP contribution in [-0.2, 0) is 14.6 Å². The van der Waals surface area contributed by atoms with Gasteiger partial charge in [-0.25, -0.2) is 13.2 Å². The molecule has 1 fully saturated rings. The molecule has 0 saturated carbocycles. The molecular weight excluding hydrogens is 332 g/mol. The lowest BCUT2D eigenvalue weighted by molar-refractivity contribution is 0.0578. The fraction of sp³-hybridized carbons (Fsp3) is 0.562. The first-order valence-electron chi connectivity index (χ1n) is 7.93. The Balaban J connectivity index is 1.87. The molecule has 1 aliphatic rings. The van der Waals surface area contributed by atoms with E-state index in [0.29, 0.717) is 44.9 Å². The minimum atomic E-state index is -3.23. The standard InChI is InChI=1S/C16H24N2O5S/c1-3-23-16(20)18-10-8-17(9-11-18)12-15(19)13-4-6-14(7-5-13)24(2,21)22/h4-7,15,19H,3,8-12H2,1-2H3/t15-/m0/s1. The third kappa shape index (κ3) is 4.93. The average molecular weight is 356 g/mol. The van der Waals surface area contributed by atoms with Gasteiger partial charge in [-0.3, -0.25) is 4.90 Å². The van der Waals surface area contributed by atoms with E-state index >= 15 is 0 Å². The van der Waals surface area contributed by atoms with E-state index in [-0.39, 0.29) is 11.0 Å². The summed E-state index contributed by atoms with van der Waals surface area (Å²) in [5.41, 5.74) is 0.676. The molecule has 0 aliphatic carbocycles. The summed E-state index contributed by atoms with van der Waals surface area (Å²) >= 11 is 0. The summed E-state index contributed by atoms with van der Waals surface area (Å²) in [5.74, 6) is 0. The lowest BCUT2D eigenvalue weighted by Gasteiger charge is -2.35. The van der Waals surface area contributed by atoms with Crippen LogP contribution in [0.15, 0.2) is 29.2 Å². The summed E-state index contributed by atoms with van der Waals surface area (Å²) in [6, 6.07) is 6.28. The van der Waals surface area contributed by atoms with Crippen molar-refractivity contribution in [2.24, 2.45) is 0 Å². The molecule has 134 valence electrons. The van der Waals surface area contributed by atoms with Crippen molar-refractivity contribution in [2.45, 2.75) is 17.9 Å². The first-order chi connectivity index (χ1) is 11.3. The number of β-amino-alcohol motifs (C(OH)–C–C–N with tert-alkyl or cyclic N) is 1. The molecule has 1 aromatic carbocycles. The quantitative estimate of drug-likeness (QED) is 0.843. The number of aliphatic hydroxyl groups is 1. The average Bonchev–Trinajstić information content (AvgIpc) is 2.55. The first kappa shape index (κ1) is 18.7. The normalized spacial score (nSPS) is 17.5. The topological polar surface area (TPSA) is 87.2 Å². The minimum Gasteiger partial charge on any atom is -0.450 e. The van der Waals surface area contributed by atoms with Crippen molar-refractivity contribution in [3.05, 3.63) is 29.8 Å². The van der Waals surface area contributed by atoms with Gasteiger partial charge in [0.1, 0.15) is 0 Å². The number of carbonyl (C=O) groups is 1. The first-order valence-corrected chi connectivity index (χ1v) is 9.82. The second kappa shape index (κ2) is 7.96. The van der Waals surface area contributed by atoms with Gasteiger partial charge in [-0.2, -0.15) is 0 Å². The number of sulfone groups is 1. The Hall–Kier alpha value is -1.64. The number of rotatable bonds is 5. The molecule has 0 aromatic heterocycles. The number of benzene rings is 1. The van der Waals surface area contributed by atoms with E-state index in [4.69, 9.17) is 4.74 Å². The molecule has 1 saturated heterocycles. The summed E-state index contributed by atoms with van der Waals surface area (Å²) in [4.78, 5) is 15.6. The zero-order valence-corrected chi connectivity index (χ0v) is 14.8. The summed E-state index contributed by atoms with van der Waals surface area (Å²) in [5, 5.41) is 10.3. The van der Waals surface area contributed by atoms with Crippen molar-refractivity contribution < 1.29 is 23.1 Å². The van der Waals surface area contributed by atoms with Crippen molar-refractivity contribution in [3.63, 3.8) is 0 Å². The van der Waals surface area contributed by atoms with Gasteiger partial charge in [-0.1, -0.05) is 12.1 Å². The molecular formula is C16H24N2O5S. The Morgan fingerprint density at radius 3 is 2.29 bits per heavy atom. The summed E-state index contributed by atoms with van der Waals surface area (Å²) in [6.45, 7) is 5.04. The molecule has 0 bridgehead atoms. The molecule has 1 atom stereocenters. The van der Waals surface area contributed by atoms with Crippen LogP contribution in [0, 0.1) is 0 Å². The molecule has 1 heterocycles. The van der Waals surface area contributed by atoms with Crippen molar-refractivity contribution in [1.29, 1.82) is 0 Å². The maximum atomic E-state index is 11.6. The summed E-state index contributed by atoms with van der Waals surface area (Å²) in [7, 11) is -3.23. The number of hydrogen-bond acceptors (Lipinski definition) is 6. The van der Waals surface area contributed by atoms with Gasteiger partial charge in [-0.15, -0.1) is 0 Å². The van der Waals surface area contributed by atoms with Crippen LogP contribution in [0.1, 0.15) is 18.6 Å². The van der Waals surface area contributed by atoms with Crippen LogP contribution < -0.4 is 0 Å². The van der Waals surface area contributed by atoms with Crippen molar-refractivity contribution in [2.75, 3.05) is 45.6 Å². The molecule has 1 amide bonds. The molecule has 2 rings (SSSR count).